The minimum absolute atomic E-state index is 0. The Morgan fingerprint density at radius 3 is 1.06 bits per heavy atom. The predicted octanol–water partition coefficient (Wildman–Crippen LogP) is 3.85. The second kappa shape index (κ2) is 21.6. The van der Waals surface area contributed by atoms with E-state index in [-0.39, 0.29) is 17.1 Å². The van der Waals surface area contributed by atoms with Gasteiger partial charge in [0.25, 0.3) is 0 Å². The van der Waals surface area contributed by atoms with Crippen molar-refractivity contribution in [3.05, 3.63) is 95.6 Å². The van der Waals surface area contributed by atoms with Crippen molar-refractivity contribution in [1.82, 2.24) is 0 Å². The molecule has 261 valence electrons. The van der Waals surface area contributed by atoms with Crippen molar-refractivity contribution in [2.24, 2.45) is 0 Å². The molecule has 4 rings (SSSR count). The standard InChI is InChI=1S/2C16H19NO2.2C2H6OS.Cu/c2*1-4-11(2)13-5-7-14(8-6-13)17-10-9-15(18)16(19)12(17)3;2*1-4(2)3;/h2*5-11,19H,4H2,1-3H3;2*1-2H3;/q;;;;+2/p-2/t2*11-;;;/m11.../s1. The van der Waals surface area contributed by atoms with Crippen LogP contribution in [0, 0.1) is 13.8 Å². The van der Waals surface area contributed by atoms with Gasteiger partial charge in [0, 0.05) is 84.7 Å². The molecule has 0 bridgehead atoms. The molecule has 2 heterocycles. The van der Waals surface area contributed by atoms with Crippen LogP contribution in [-0.4, -0.2) is 33.4 Å². The Labute approximate surface area is 296 Å². The maximum absolute atomic E-state index is 11.7. The molecular weight excluding hydrogens is 684 g/mol. The zero-order valence-corrected chi connectivity index (χ0v) is 31.5. The van der Waals surface area contributed by atoms with E-state index in [1.54, 1.807) is 60.4 Å². The van der Waals surface area contributed by atoms with Gasteiger partial charge < -0.3 is 20.4 Å². The van der Waals surface area contributed by atoms with E-state index in [4.69, 9.17) is 0 Å². The number of benzene rings is 2. The van der Waals surface area contributed by atoms with Gasteiger partial charge >= 0.3 is 17.1 Å². The fraction of sp³-hybridized carbons (Fsp3) is 0.389. The molecule has 0 spiro atoms. The van der Waals surface area contributed by atoms with Gasteiger partial charge in [-0.3, -0.25) is 8.42 Å². The minimum atomic E-state index is -0.611. The van der Waals surface area contributed by atoms with Crippen molar-refractivity contribution < 1.29 is 55.0 Å². The molecule has 11 heteroatoms. The number of hydrogen-bond donors (Lipinski definition) is 0. The Morgan fingerprint density at radius 2 is 0.830 bits per heavy atom. The molecule has 0 aliphatic rings. The fourth-order valence-corrected chi connectivity index (χ4v) is 4.19. The molecule has 0 saturated carbocycles. The normalized spacial score (nSPS) is 11.5. The first-order valence-corrected chi connectivity index (χ1v) is 19.0. The topological polar surface area (TPSA) is 134 Å². The molecule has 0 aliphatic heterocycles. The molecule has 47 heavy (non-hydrogen) atoms. The van der Waals surface area contributed by atoms with E-state index in [9.17, 15) is 28.8 Å². The smallest absolute Gasteiger partial charge is 0.873 e. The number of hydrogen-bond acceptors (Lipinski definition) is 6. The number of pyridine rings is 2. The second-order valence-corrected chi connectivity index (χ2v) is 14.2. The molecule has 8 nitrogen and oxygen atoms in total. The molecule has 1 radical (unpaired) electrons. The molecule has 0 N–H and O–H groups in total. The van der Waals surface area contributed by atoms with E-state index in [0.717, 1.165) is 24.2 Å². The van der Waals surface area contributed by atoms with E-state index in [1.165, 1.54) is 23.3 Å². The summed E-state index contributed by atoms with van der Waals surface area (Å²) >= 11 is 0. The molecular formula is C36H48CuN2O6S2. The number of aromatic nitrogens is 2. The second-order valence-electron chi connectivity index (χ2n) is 11.2. The van der Waals surface area contributed by atoms with Gasteiger partial charge in [0.1, 0.15) is 0 Å². The van der Waals surface area contributed by atoms with Crippen molar-refractivity contribution in [3.63, 3.8) is 0 Å². The first-order chi connectivity index (χ1) is 21.5. The van der Waals surface area contributed by atoms with Gasteiger partial charge in [0.2, 0.25) is 11.4 Å². The van der Waals surface area contributed by atoms with Crippen LogP contribution in [0.15, 0.2) is 73.1 Å². The van der Waals surface area contributed by atoms with Gasteiger partial charge in [-0.2, -0.15) is 9.13 Å². The first-order valence-electron chi connectivity index (χ1n) is 15.0. The third-order valence-corrected chi connectivity index (χ3v) is 7.28. The molecule has 2 atom stereocenters. The summed E-state index contributed by atoms with van der Waals surface area (Å²) in [5.41, 5.74) is 5.27. The Balaban J connectivity index is 0.000000721. The Bertz CT molecular complexity index is 1460. The van der Waals surface area contributed by atoms with Crippen molar-refractivity contribution in [2.75, 3.05) is 25.0 Å². The van der Waals surface area contributed by atoms with E-state index in [1.807, 2.05) is 24.3 Å². The average Bonchev–Trinajstić information content (AvgIpc) is 3.02. The summed E-state index contributed by atoms with van der Waals surface area (Å²) in [4.78, 5) is 0. The van der Waals surface area contributed by atoms with E-state index in [2.05, 4.69) is 52.0 Å². The summed E-state index contributed by atoms with van der Waals surface area (Å²) in [5.74, 6) is -0.726. The van der Waals surface area contributed by atoms with Gasteiger partial charge in [-0.05, 0) is 59.4 Å². The maximum Gasteiger partial charge on any atom is 2.00 e. The Morgan fingerprint density at radius 1 is 0.574 bits per heavy atom. The summed E-state index contributed by atoms with van der Waals surface area (Å²) in [5, 5.41) is 45.9. The van der Waals surface area contributed by atoms with Crippen LogP contribution in [0.3, 0.4) is 0 Å². The third-order valence-electron chi connectivity index (χ3n) is 7.28. The van der Waals surface area contributed by atoms with Crippen molar-refractivity contribution in [2.45, 2.75) is 66.2 Å². The van der Waals surface area contributed by atoms with E-state index in [0.29, 0.717) is 23.2 Å². The van der Waals surface area contributed by atoms with Crippen LogP contribution >= 0.6 is 0 Å². The van der Waals surface area contributed by atoms with Crippen molar-refractivity contribution in [3.8, 4) is 34.4 Å². The van der Waals surface area contributed by atoms with E-state index < -0.39 is 44.6 Å². The molecule has 2 aromatic heterocycles. The molecule has 0 aliphatic carbocycles. The molecule has 4 aromatic rings. The zero-order valence-electron chi connectivity index (χ0n) is 29.0. The molecule has 0 saturated heterocycles. The van der Waals surface area contributed by atoms with Crippen LogP contribution in [0.1, 0.15) is 74.9 Å². The predicted molar refractivity (Wildman–Crippen MR) is 181 cm³/mol. The quantitative estimate of drug-likeness (QED) is 0.219. The Hall–Kier alpha value is -3.24. The van der Waals surface area contributed by atoms with Crippen LogP contribution in [-0.2, 0) is 38.7 Å². The van der Waals surface area contributed by atoms with Crippen LogP contribution in [0.4, 0.5) is 0 Å². The molecule has 2 aromatic carbocycles. The molecule has 0 amide bonds. The van der Waals surface area contributed by atoms with Crippen LogP contribution < -0.4 is 29.6 Å². The van der Waals surface area contributed by atoms with Gasteiger partial charge in [-0.1, -0.05) is 52.0 Å². The summed E-state index contributed by atoms with van der Waals surface area (Å²) in [6.45, 7) is 12.0. The SMILES string of the molecule is CC[C@@H](C)c1ccc(-[n+]2ccc([O-])c([O-])c2C)cc1.CC[C@@H](C)c1ccc(-[n+]2ccc([O-])c([O-])c2C)cc1.CS(C)=O.CS(C)=O.[Cu+2]. The Kier molecular flexibility index (Phi) is 20.1. The summed E-state index contributed by atoms with van der Waals surface area (Å²) < 4.78 is 22.6. The third kappa shape index (κ3) is 14.2. The van der Waals surface area contributed by atoms with Crippen molar-refractivity contribution in [1.29, 1.82) is 0 Å². The number of rotatable bonds is 6. The van der Waals surface area contributed by atoms with Crippen LogP contribution in [0.25, 0.3) is 11.4 Å². The van der Waals surface area contributed by atoms with Gasteiger partial charge in [0.05, 0.1) is 0 Å². The summed E-state index contributed by atoms with van der Waals surface area (Å²) in [6, 6.07) is 18.9. The summed E-state index contributed by atoms with van der Waals surface area (Å²) in [6.07, 6.45) is 12.1. The average molecular weight is 732 g/mol. The molecule has 0 fully saturated rings. The largest absolute Gasteiger partial charge is 2.00 e. The number of nitrogens with zero attached hydrogens (tertiary/aromatic N) is 2. The first kappa shape index (κ1) is 43.8. The van der Waals surface area contributed by atoms with E-state index >= 15 is 0 Å². The monoisotopic (exact) mass is 731 g/mol. The van der Waals surface area contributed by atoms with Gasteiger partial charge in [-0.25, -0.2) is 0 Å². The maximum atomic E-state index is 11.7. The van der Waals surface area contributed by atoms with Gasteiger partial charge in [0.15, 0.2) is 23.8 Å². The van der Waals surface area contributed by atoms with Crippen LogP contribution in [0.5, 0.6) is 23.0 Å². The van der Waals surface area contributed by atoms with Gasteiger partial charge in [-0.15, -0.1) is 11.5 Å². The zero-order chi connectivity index (χ0) is 35.1. The summed E-state index contributed by atoms with van der Waals surface area (Å²) in [7, 11) is -1.22. The van der Waals surface area contributed by atoms with Crippen molar-refractivity contribution >= 4 is 21.6 Å². The minimum Gasteiger partial charge on any atom is -0.873 e. The fourth-order valence-electron chi connectivity index (χ4n) is 4.19. The van der Waals surface area contributed by atoms with Crippen LogP contribution in [0.2, 0.25) is 0 Å². The molecule has 0 unspecified atom stereocenters.